The van der Waals surface area contributed by atoms with Crippen molar-refractivity contribution in [1.82, 2.24) is 0 Å². The molecule has 0 heteroatoms. The Morgan fingerprint density at radius 2 is 1.75 bits per heavy atom. The summed E-state index contributed by atoms with van der Waals surface area (Å²) in [4.78, 5) is 0. The highest BCUT2D eigenvalue weighted by molar-refractivity contribution is 4.85. The van der Waals surface area contributed by atoms with Gasteiger partial charge in [-0.1, -0.05) is 39.0 Å². The first-order chi connectivity index (χ1) is 5.92. The molecule has 2 saturated carbocycles. The molecule has 0 saturated heterocycles. The second kappa shape index (κ2) is 3.81. The predicted molar refractivity (Wildman–Crippen MR) is 53.1 cm³/mol. The summed E-state index contributed by atoms with van der Waals surface area (Å²) < 4.78 is 0. The summed E-state index contributed by atoms with van der Waals surface area (Å²) in [7, 11) is 0. The van der Waals surface area contributed by atoms with Gasteiger partial charge in [0, 0.05) is 0 Å². The third-order valence-electron chi connectivity index (χ3n) is 4.26. The Balaban J connectivity index is 1.99. The molecule has 0 aromatic heterocycles. The van der Waals surface area contributed by atoms with Gasteiger partial charge in [-0.2, -0.15) is 0 Å². The first-order valence-corrected chi connectivity index (χ1v) is 5.92. The van der Waals surface area contributed by atoms with Crippen LogP contribution in [0.5, 0.6) is 0 Å². The fourth-order valence-electron chi connectivity index (χ4n) is 3.54. The van der Waals surface area contributed by atoms with Crippen molar-refractivity contribution in [2.75, 3.05) is 0 Å². The van der Waals surface area contributed by atoms with Crippen molar-refractivity contribution in [3.8, 4) is 0 Å². The minimum absolute atomic E-state index is 1.10. The molecule has 2 aliphatic carbocycles. The number of rotatable bonds is 1. The summed E-state index contributed by atoms with van der Waals surface area (Å²) in [5, 5.41) is 0. The second-order valence-electron chi connectivity index (χ2n) is 4.81. The molecule has 0 spiro atoms. The van der Waals surface area contributed by atoms with Gasteiger partial charge in [-0.3, -0.25) is 0 Å². The Morgan fingerprint density at radius 1 is 0.917 bits per heavy atom. The predicted octanol–water partition coefficient (Wildman–Crippen LogP) is 4.00. The van der Waals surface area contributed by atoms with Crippen molar-refractivity contribution in [3.63, 3.8) is 0 Å². The maximum atomic E-state index is 2.39. The van der Waals surface area contributed by atoms with E-state index in [1.807, 2.05) is 0 Å². The maximum Gasteiger partial charge on any atom is -0.0358 e. The van der Waals surface area contributed by atoms with E-state index < -0.39 is 0 Å². The summed E-state index contributed by atoms with van der Waals surface area (Å²) >= 11 is 0. The zero-order valence-electron chi connectivity index (χ0n) is 8.39. The molecule has 2 aliphatic rings. The summed E-state index contributed by atoms with van der Waals surface area (Å²) in [5.41, 5.74) is 0. The molecule has 0 aromatic carbocycles. The summed E-state index contributed by atoms with van der Waals surface area (Å²) in [5.74, 6) is 3.38. The Morgan fingerprint density at radius 3 is 2.58 bits per heavy atom. The van der Waals surface area contributed by atoms with E-state index in [1.165, 1.54) is 25.7 Å². The van der Waals surface area contributed by atoms with Gasteiger partial charge in [0.1, 0.15) is 0 Å². The quantitative estimate of drug-likeness (QED) is 0.552. The standard InChI is InChI=1S/C12H22/c1-2-10-8-9-11-6-4-3-5-7-12(10)11/h10-12H,2-9H2,1H3/t10-,11?,12?/m0/s1. The van der Waals surface area contributed by atoms with Crippen LogP contribution in [0.1, 0.15) is 58.3 Å². The van der Waals surface area contributed by atoms with E-state index in [0.29, 0.717) is 0 Å². The van der Waals surface area contributed by atoms with Gasteiger partial charge in [0.2, 0.25) is 0 Å². The van der Waals surface area contributed by atoms with Crippen molar-refractivity contribution >= 4 is 0 Å². The van der Waals surface area contributed by atoms with Crippen LogP contribution in [-0.4, -0.2) is 0 Å². The van der Waals surface area contributed by atoms with Crippen LogP contribution < -0.4 is 0 Å². The number of hydrogen-bond donors (Lipinski definition) is 0. The van der Waals surface area contributed by atoms with Crippen molar-refractivity contribution < 1.29 is 0 Å². The van der Waals surface area contributed by atoms with Crippen LogP contribution in [0.4, 0.5) is 0 Å². The highest BCUT2D eigenvalue weighted by Crippen LogP contribution is 2.45. The van der Waals surface area contributed by atoms with Crippen molar-refractivity contribution in [2.24, 2.45) is 17.8 Å². The van der Waals surface area contributed by atoms with E-state index in [0.717, 1.165) is 17.8 Å². The van der Waals surface area contributed by atoms with E-state index in [2.05, 4.69) is 6.92 Å². The maximum absolute atomic E-state index is 2.39. The molecule has 0 aliphatic heterocycles. The van der Waals surface area contributed by atoms with Crippen LogP contribution in [0.2, 0.25) is 0 Å². The SMILES string of the molecule is CC[C@H]1CCC2CCCCCC21. The zero-order chi connectivity index (χ0) is 8.39. The number of hydrogen-bond acceptors (Lipinski definition) is 0. The van der Waals surface area contributed by atoms with Gasteiger partial charge in [0.15, 0.2) is 0 Å². The average molecular weight is 166 g/mol. The molecule has 2 fully saturated rings. The van der Waals surface area contributed by atoms with Gasteiger partial charge in [-0.05, 0) is 37.0 Å². The molecular formula is C12H22. The first-order valence-electron chi connectivity index (χ1n) is 5.92. The molecule has 0 heterocycles. The van der Waals surface area contributed by atoms with Gasteiger partial charge in [-0.25, -0.2) is 0 Å². The van der Waals surface area contributed by atoms with Crippen LogP contribution in [0.25, 0.3) is 0 Å². The first kappa shape index (κ1) is 8.59. The minimum Gasteiger partial charge on any atom is -0.0651 e. The third kappa shape index (κ3) is 1.53. The smallest absolute Gasteiger partial charge is 0.0358 e. The third-order valence-corrected chi connectivity index (χ3v) is 4.26. The normalized spacial score (nSPS) is 42.2. The van der Waals surface area contributed by atoms with Crippen LogP contribution in [0.15, 0.2) is 0 Å². The Labute approximate surface area is 76.7 Å². The largest absolute Gasteiger partial charge is 0.0651 e. The molecule has 0 N–H and O–H groups in total. The number of fused-ring (bicyclic) bond motifs is 1. The molecule has 0 nitrogen and oxygen atoms in total. The van der Waals surface area contributed by atoms with E-state index in [1.54, 1.807) is 25.7 Å². The van der Waals surface area contributed by atoms with E-state index in [-0.39, 0.29) is 0 Å². The molecule has 12 heavy (non-hydrogen) atoms. The van der Waals surface area contributed by atoms with Crippen LogP contribution in [0.3, 0.4) is 0 Å². The van der Waals surface area contributed by atoms with Gasteiger partial charge >= 0.3 is 0 Å². The van der Waals surface area contributed by atoms with E-state index >= 15 is 0 Å². The van der Waals surface area contributed by atoms with Crippen molar-refractivity contribution in [3.05, 3.63) is 0 Å². The fourth-order valence-corrected chi connectivity index (χ4v) is 3.54. The van der Waals surface area contributed by atoms with Gasteiger partial charge in [0.05, 0.1) is 0 Å². The van der Waals surface area contributed by atoms with Crippen molar-refractivity contribution in [2.45, 2.75) is 58.3 Å². The van der Waals surface area contributed by atoms with Gasteiger partial charge in [-0.15, -0.1) is 0 Å². The topological polar surface area (TPSA) is 0 Å². The summed E-state index contributed by atoms with van der Waals surface area (Å²) in [6, 6.07) is 0. The van der Waals surface area contributed by atoms with Gasteiger partial charge < -0.3 is 0 Å². The monoisotopic (exact) mass is 166 g/mol. The Bertz CT molecular complexity index is 139. The molecule has 2 unspecified atom stereocenters. The minimum atomic E-state index is 1.10. The van der Waals surface area contributed by atoms with Crippen LogP contribution in [0, 0.1) is 17.8 Å². The van der Waals surface area contributed by atoms with Crippen molar-refractivity contribution in [1.29, 1.82) is 0 Å². The Hall–Kier alpha value is 0. The van der Waals surface area contributed by atoms with Crippen LogP contribution in [-0.2, 0) is 0 Å². The lowest BCUT2D eigenvalue weighted by atomic mass is 9.84. The lowest BCUT2D eigenvalue weighted by molar-refractivity contribution is 0.288. The highest BCUT2D eigenvalue weighted by atomic mass is 14.4. The second-order valence-corrected chi connectivity index (χ2v) is 4.81. The van der Waals surface area contributed by atoms with Crippen LogP contribution >= 0.6 is 0 Å². The zero-order valence-corrected chi connectivity index (χ0v) is 8.39. The lowest BCUT2D eigenvalue weighted by Crippen LogP contribution is -2.12. The average Bonchev–Trinajstić information content (AvgIpc) is 2.33. The molecule has 0 radical (unpaired) electrons. The molecule has 3 atom stereocenters. The molecule has 0 amide bonds. The fraction of sp³-hybridized carbons (Fsp3) is 1.00. The summed E-state index contributed by atoms with van der Waals surface area (Å²) in [6.45, 7) is 2.39. The van der Waals surface area contributed by atoms with Gasteiger partial charge in [0.25, 0.3) is 0 Å². The molecule has 0 bridgehead atoms. The molecule has 70 valence electrons. The van der Waals surface area contributed by atoms with E-state index in [9.17, 15) is 0 Å². The Kier molecular flexibility index (Phi) is 2.73. The van der Waals surface area contributed by atoms with E-state index in [4.69, 9.17) is 0 Å². The lowest BCUT2D eigenvalue weighted by Gasteiger charge is -2.21. The molecular weight excluding hydrogens is 144 g/mol. The highest BCUT2D eigenvalue weighted by Gasteiger charge is 2.34. The summed E-state index contributed by atoms with van der Waals surface area (Å²) in [6.07, 6.45) is 12.2. The molecule has 2 rings (SSSR count). The molecule has 0 aromatic rings.